The molecule has 4 N–H and O–H groups in total. The number of rotatable bonds is 3. The predicted octanol–water partition coefficient (Wildman–Crippen LogP) is 0.871. The summed E-state index contributed by atoms with van der Waals surface area (Å²) in [6, 6.07) is 5.43. The van der Waals surface area contributed by atoms with Gasteiger partial charge in [0.05, 0.1) is 23.5 Å². The molecule has 2 aromatic heterocycles. The highest BCUT2D eigenvalue weighted by atomic mass is 15.1. The third-order valence-electron chi connectivity index (χ3n) is 2.12. The van der Waals surface area contributed by atoms with Gasteiger partial charge in [-0.05, 0) is 12.1 Å². The number of H-pyrrole nitrogens is 1. The van der Waals surface area contributed by atoms with Gasteiger partial charge >= 0.3 is 0 Å². The van der Waals surface area contributed by atoms with Gasteiger partial charge in [0.1, 0.15) is 6.07 Å². The van der Waals surface area contributed by atoms with E-state index in [0.29, 0.717) is 23.6 Å². The Bertz CT molecular complexity index is 511. The molecule has 2 aromatic rings. The molecule has 6 heteroatoms. The molecule has 0 radical (unpaired) electrons. The highest BCUT2D eigenvalue weighted by Gasteiger charge is 2.05. The Morgan fingerprint density at radius 3 is 3.00 bits per heavy atom. The van der Waals surface area contributed by atoms with Gasteiger partial charge in [0.25, 0.3) is 0 Å². The SMILES string of the molecule is N#Cc1ccnc(NCc2ccn[nH]2)c1N. The van der Waals surface area contributed by atoms with Crippen LogP contribution in [0, 0.1) is 11.3 Å². The van der Waals surface area contributed by atoms with Gasteiger partial charge in [-0.3, -0.25) is 5.10 Å². The molecule has 6 nitrogen and oxygen atoms in total. The number of hydrogen-bond acceptors (Lipinski definition) is 5. The standard InChI is InChI=1S/C10H10N6/c11-5-7-1-3-13-10(9(7)12)14-6-8-2-4-15-16-8/h1-4H,6,12H2,(H,13,14)(H,15,16). The monoisotopic (exact) mass is 214 g/mol. The predicted molar refractivity (Wildman–Crippen MR) is 59.3 cm³/mol. The number of anilines is 2. The average molecular weight is 214 g/mol. The second kappa shape index (κ2) is 4.31. The molecule has 0 amide bonds. The van der Waals surface area contributed by atoms with Gasteiger partial charge < -0.3 is 11.1 Å². The summed E-state index contributed by atoms with van der Waals surface area (Å²) in [6.45, 7) is 0.534. The normalized spacial score (nSPS) is 9.69. The molecule has 0 aliphatic heterocycles. The number of aromatic amines is 1. The first-order valence-corrected chi connectivity index (χ1v) is 4.68. The molecule has 2 rings (SSSR count). The highest BCUT2D eigenvalue weighted by Crippen LogP contribution is 2.19. The Hall–Kier alpha value is -2.55. The van der Waals surface area contributed by atoms with Crippen LogP contribution in [0.25, 0.3) is 0 Å². The number of nitrogens with zero attached hydrogens (tertiary/aromatic N) is 3. The fourth-order valence-electron chi connectivity index (χ4n) is 1.27. The van der Waals surface area contributed by atoms with Gasteiger partial charge in [-0.15, -0.1) is 0 Å². The molecule has 0 fully saturated rings. The molecule has 0 atom stereocenters. The lowest BCUT2D eigenvalue weighted by Crippen LogP contribution is -2.06. The second-order valence-electron chi connectivity index (χ2n) is 3.17. The number of nitrogen functional groups attached to an aromatic ring is 1. The number of nitrogens with one attached hydrogen (secondary N) is 2. The number of nitriles is 1. The third-order valence-corrected chi connectivity index (χ3v) is 2.12. The van der Waals surface area contributed by atoms with Crippen molar-refractivity contribution < 1.29 is 0 Å². The van der Waals surface area contributed by atoms with Crippen LogP contribution in [-0.2, 0) is 6.54 Å². The van der Waals surface area contributed by atoms with Crippen molar-refractivity contribution in [2.24, 2.45) is 0 Å². The summed E-state index contributed by atoms with van der Waals surface area (Å²) in [5.74, 6) is 0.508. The molecular weight excluding hydrogens is 204 g/mol. The highest BCUT2D eigenvalue weighted by molar-refractivity contribution is 5.68. The molecule has 80 valence electrons. The van der Waals surface area contributed by atoms with E-state index in [1.54, 1.807) is 18.5 Å². The summed E-state index contributed by atoms with van der Waals surface area (Å²) in [4.78, 5) is 4.06. The van der Waals surface area contributed by atoms with Crippen LogP contribution < -0.4 is 11.1 Å². The quantitative estimate of drug-likeness (QED) is 0.703. The zero-order valence-electron chi connectivity index (χ0n) is 8.44. The van der Waals surface area contributed by atoms with E-state index in [9.17, 15) is 0 Å². The van der Waals surface area contributed by atoms with E-state index in [2.05, 4.69) is 20.5 Å². The number of aromatic nitrogens is 3. The van der Waals surface area contributed by atoms with Gasteiger partial charge in [-0.2, -0.15) is 10.4 Å². The molecular formula is C10H10N6. The zero-order valence-corrected chi connectivity index (χ0v) is 8.44. The van der Waals surface area contributed by atoms with E-state index < -0.39 is 0 Å². The minimum atomic E-state index is 0.365. The first kappa shape index (κ1) is 9.98. The van der Waals surface area contributed by atoms with Crippen molar-refractivity contribution in [1.29, 1.82) is 5.26 Å². The maximum absolute atomic E-state index is 8.79. The zero-order chi connectivity index (χ0) is 11.4. The van der Waals surface area contributed by atoms with E-state index in [0.717, 1.165) is 5.69 Å². The topological polar surface area (TPSA) is 103 Å². The molecule has 0 spiro atoms. The molecule has 2 heterocycles. The Morgan fingerprint density at radius 1 is 1.44 bits per heavy atom. The third kappa shape index (κ3) is 1.93. The molecule has 0 aliphatic carbocycles. The van der Waals surface area contributed by atoms with Crippen LogP contribution in [0.4, 0.5) is 11.5 Å². The lowest BCUT2D eigenvalue weighted by molar-refractivity contribution is 0.975. The van der Waals surface area contributed by atoms with Crippen LogP contribution in [0.1, 0.15) is 11.3 Å². The Balaban J connectivity index is 2.13. The van der Waals surface area contributed by atoms with Crippen LogP contribution in [0.5, 0.6) is 0 Å². The van der Waals surface area contributed by atoms with E-state index in [4.69, 9.17) is 11.0 Å². The Labute approximate surface area is 92.1 Å². The smallest absolute Gasteiger partial charge is 0.150 e. The van der Waals surface area contributed by atoms with E-state index >= 15 is 0 Å². The molecule has 16 heavy (non-hydrogen) atoms. The lowest BCUT2D eigenvalue weighted by Gasteiger charge is -2.07. The largest absolute Gasteiger partial charge is 0.395 e. The van der Waals surface area contributed by atoms with Crippen molar-refractivity contribution in [3.63, 3.8) is 0 Å². The van der Waals surface area contributed by atoms with E-state index in [1.165, 1.54) is 0 Å². The molecule has 0 bridgehead atoms. The second-order valence-corrected chi connectivity index (χ2v) is 3.17. The van der Waals surface area contributed by atoms with Crippen molar-refractivity contribution in [2.75, 3.05) is 11.1 Å². The van der Waals surface area contributed by atoms with Crippen LogP contribution in [0.2, 0.25) is 0 Å². The van der Waals surface area contributed by atoms with Gasteiger partial charge in [0.15, 0.2) is 5.82 Å². The van der Waals surface area contributed by atoms with Crippen molar-refractivity contribution in [3.8, 4) is 6.07 Å². The maximum atomic E-state index is 8.79. The van der Waals surface area contributed by atoms with Crippen molar-refractivity contribution in [3.05, 3.63) is 35.8 Å². The van der Waals surface area contributed by atoms with Gasteiger partial charge in [0.2, 0.25) is 0 Å². The Morgan fingerprint density at radius 2 is 2.31 bits per heavy atom. The first-order valence-electron chi connectivity index (χ1n) is 4.68. The Kier molecular flexibility index (Phi) is 2.69. The van der Waals surface area contributed by atoms with E-state index in [-0.39, 0.29) is 0 Å². The molecule has 0 unspecified atom stereocenters. The minimum Gasteiger partial charge on any atom is -0.395 e. The summed E-state index contributed by atoms with van der Waals surface area (Å²) in [5.41, 5.74) is 7.46. The minimum absolute atomic E-state index is 0.365. The van der Waals surface area contributed by atoms with Crippen molar-refractivity contribution >= 4 is 11.5 Å². The first-order chi connectivity index (χ1) is 7.81. The van der Waals surface area contributed by atoms with Crippen molar-refractivity contribution in [1.82, 2.24) is 15.2 Å². The van der Waals surface area contributed by atoms with Crippen molar-refractivity contribution in [2.45, 2.75) is 6.54 Å². The molecule has 0 saturated carbocycles. The summed E-state index contributed by atoms with van der Waals surface area (Å²) < 4.78 is 0. The average Bonchev–Trinajstić information content (AvgIpc) is 2.81. The molecule has 0 aliphatic rings. The fourth-order valence-corrected chi connectivity index (χ4v) is 1.27. The number of nitrogens with two attached hydrogens (primary N) is 1. The number of hydrogen-bond donors (Lipinski definition) is 3. The van der Waals surface area contributed by atoms with Crippen LogP contribution >= 0.6 is 0 Å². The van der Waals surface area contributed by atoms with Crippen LogP contribution in [-0.4, -0.2) is 15.2 Å². The van der Waals surface area contributed by atoms with Gasteiger partial charge in [-0.1, -0.05) is 0 Å². The van der Waals surface area contributed by atoms with Crippen LogP contribution in [0.3, 0.4) is 0 Å². The summed E-state index contributed by atoms with van der Waals surface area (Å²) in [6.07, 6.45) is 3.21. The van der Waals surface area contributed by atoms with E-state index in [1.807, 2.05) is 12.1 Å². The summed E-state index contributed by atoms with van der Waals surface area (Å²) >= 11 is 0. The molecule has 0 saturated heterocycles. The van der Waals surface area contributed by atoms with Gasteiger partial charge in [0, 0.05) is 12.4 Å². The lowest BCUT2D eigenvalue weighted by atomic mass is 10.2. The molecule has 0 aromatic carbocycles. The summed E-state index contributed by atoms with van der Waals surface area (Å²) in [7, 11) is 0. The maximum Gasteiger partial charge on any atom is 0.150 e. The van der Waals surface area contributed by atoms with Crippen LogP contribution in [0.15, 0.2) is 24.5 Å². The van der Waals surface area contributed by atoms with Gasteiger partial charge in [-0.25, -0.2) is 4.98 Å². The fraction of sp³-hybridized carbons (Fsp3) is 0.100. The summed E-state index contributed by atoms with van der Waals surface area (Å²) in [5, 5.41) is 18.5. The number of pyridine rings is 1.